The molecule has 1 saturated carbocycles. The zero-order valence-corrected chi connectivity index (χ0v) is 14.3. The number of carbonyl (C=O) groups excluding carboxylic acids is 1. The molecule has 2 rings (SSSR count). The predicted octanol–water partition coefficient (Wildman–Crippen LogP) is 3.54. The van der Waals surface area contributed by atoms with Gasteiger partial charge < -0.3 is 20.5 Å². The van der Waals surface area contributed by atoms with Crippen LogP contribution >= 0.6 is 0 Å². The first-order valence-corrected chi connectivity index (χ1v) is 8.34. The van der Waals surface area contributed by atoms with Crippen LogP contribution in [-0.4, -0.2) is 29.4 Å². The van der Waals surface area contributed by atoms with Crippen LogP contribution < -0.4 is 15.4 Å². The molecule has 1 aliphatic carbocycles. The second-order valence-electron chi connectivity index (χ2n) is 7.23. The highest BCUT2D eigenvalue weighted by Crippen LogP contribution is 2.27. The smallest absolute Gasteiger partial charge is 0.319 e. The summed E-state index contributed by atoms with van der Waals surface area (Å²) in [6.07, 6.45) is 3.50. The van der Waals surface area contributed by atoms with E-state index in [1.165, 1.54) is 0 Å². The van der Waals surface area contributed by atoms with Gasteiger partial charge in [0.15, 0.2) is 0 Å². The number of nitrogens with one attached hydrogen (secondary N) is 2. The molecule has 1 fully saturated rings. The number of rotatable bonds is 4. The average molecular weight is 320 g/mol. The molecular weight excluding hydrogens is 292 g/mol. The fourth-order valence-electron chi connectivity index (χ4n) is 2.84. The summed E-state index contributed by atoms with van der Waals surface area (Å²) in [5.41, 5.74) is 0.329. The Kier molecular flexibility index (Phi) is 5.88. The fourth-order valence-corrected chi connectivity index (χ4v) is 2.84. The van der Waals surface area contributed by atoms with Crippen molar-refractivity contribution >= 4 is 11.7 Å². The number of ether oxygens (including phenoxy) is 1. The maximum atomic E-state index is 12.1. The van der Waals surface area contributed by atoms with Crippen LogP contribution in [0, 0.1) is 5.92 Å². The van der Waals surface area contributed by atoms with E-state index in [0.29, 0.717) is 23.9 Å². The van der Waals surface area contributed by atoms with Gasteiger partial charge in [-0.05, 0) is 58.1 Å². The molecule has 0 aliphatic heterocycles. The predicted molar refractivity (Wildman–Crippen MR) is 91.8 cm³/mol. The number of anilines is 1. The Bertz CT molecular complexity index is 525. The highest BCUT2D eigenvalue weighted by Gasteiger charge is 2.21. The largest absolute Gasteiger partial charge is 0.486 e. The van der Waals surface area contributed by atoms with Crippen LogP contribution in [0.15, 0.2) is 24.3 Å². The summed E-state index contributed by atoms with van der Waals surface area (Å²) in [7, 11) is 0. The zero-order valence-electron chi connectivity index (χ0n) is 14.3. The zero-order chi connectivity index (χ0) is 16.9. The molecule has 2 unspecified atom stereocenters. The van der Waals surface area contributed by atoms with Crippen molar-refractivity contribution in [1.29, 1.82) is 0 Å². The summed E-state index contributed by atoms with van der Waals surface area (Å²) < 4.78 is 5.87. The van der Waals surface area contributed by atoms with Crippen molar-refractivity contribution < 1.29 is 14.6 Å². The maximum absolute atomic E-state index is 12.1. The van der Waals surface area contributed by atoms with Gasteiger partial charge in [0.25, 0.3) is 0 Å². The minimum absolute atomic E-state index is 0.223. The first-order chi connectivity index (χ1) is 10.8. The standard InChI is InChI=1S/C18H28N2O3/c1-18(2,3)23-16-10-5-4-9-15(16)20-17(22)19-12-13-7-6-8-14(21)11-13/h4-5,9-10,13-14,21H,6-8,11-12H2,1-3H3,(H2,19,20,22). The number of carbonyl (C=O) groups is 1. The fraction of sp³-hybridized carbons (Fsp3) is 0.611. The molecule has 5 heteroatoms. The van der Waals surface area contributed by atoms with Crippen LogP contribution in [0.5, 0.6) is 5.75 Å². The molecule has 0 radical (unpaired) electrons. The van der Waals surface area contributed by atoms with Crippen molar-refractivity contribution in [2.24, 2.45) is 5.92 Å². The lowest BCUT2D eigenvalue weighted by Gasteiger charge is -2.26. The Morgan fingerprint density at radius 3 is 2.74 bits per heavy atom. The maximum Gasteiger partial charge on any atom is 0.319 e. The molecule has 0 saturated heterocycles. The summed E-state index contributed by atoms with van der Waals surface area (Å²) in [6, 6.07) is 7.18. The number of hydrogen-bond acceptors (Lipinski definition) is 3. The van der Waals surface area contributed by atoms with Gasteiger partial charge in [0.2, 0.25) is 0 Å². The molecule has 1 aliphatic rings. The molecule has 2 amide bonds. The molecule has 3 N–H and O–H groups in total. The molecule has 1 aromatic carbocycles. The first kappa shape index (κ1) is 17.6. The Morgan fingerprint density at radius 1 is 1.30 bits per heavy atom. The quantitative estimate of drug-likeness (QED) is 0.794. The highest BCUT2D eigenvalue weighted by molar-refractivity contribution is 5.90. The molecule has 0 bridgehead atoms. The van der Waals surface area contributed by atoms with E-state index in [0.717, 1.165) is 25.7 Å². The molecule has 128 valence electrons. The van der Waals surface area contributed by atoms with E-state index in [-0.39, 0.29) is 17.7 Å². The van der Waals surface area contributed by atoms with E-state index in [1.54, 1.807) is 0 Å². The third kappa shape index (κ3) is 6.10. The van der Waals surface area contributed by atoms with Gasteiger partial charge >= 0.3 is 6.03 Å². The number of urea groups is 1. The van der Waals surface area contributed by atoms with Gasteiger partial charge in [0.05, 0.1) is 11.8 Å². The Morgan fingerprint density at radius 2 is 2.04 bits per heavy atom. The van der Waals surface area contributed by atoms with Crippen molar-refractivity contribution in [3.05, 3.63) is 24.3 Å². The lowest BCUT2D eigenvalue weighted by molar-refractivity contribution is 0.101. The van der Waals surface area contributed by atoms with E-state index in [4.69, 9.17) is 4.74 Å². The van der Waals surface area contributed by atoms with Crippen LogP contribution in [0.25, 0.3) is 0 Å². The van der Waals surface area contributed by atoms with Gasteiger partial charge in [-0.3, -0.25) is 0 Å². The lowest BCUT2D eigenvalue weighted by atomic mass is 9.87. The topological polar surface area (TPSA) is 70.6 Å². The Labute approximate surface area is 138 Å². The monoisotopic (exact) mass is 320 g/mol. The van der Waals surface area contributed by atoms with E-state index < -0.39 is 0 Å². The number of para-hydroxylation sites is 2. The highest BCUT2D eigenvalue weighted by atomic mass is 16.5. The number of benzene rings is 1. The van der Waals surface area contributed by atoms with E-state index in [1.807, 2.05) is 45.0 Å². The number of aliphatic hydroxyl groups excluding tert-OH is 1. The molecule has 0 heterocycles. The van der Waals surface area contributed by atoms with Crippen molar-refractivity contribution in [3.63, 3.8) is 0 Å². The minimum Gasteiger partial charge on any atom is -0.486 e. The summed E-state index contributed by atoms with van der Waals surface area (Å²) >= 11 is 0. The molecule has 5 nitrogen and oxygen atoms in total. The first-order valence-electron chi connectivity index (χ1n) is 8.34. The van der Waals surface area contributed by atoms with Crippen molar-refractivity contribution in [1.82, 2.24) is 5.32 Å². The third-order valence-electron chi connectivity index (χ3n) is 3.86. The Balaban J connectivity index is 1.87. The van der Waals surface area contributed by atoms with Gasteiger partial charge in [-0.15, -0.1) is 0 Å². The summed E-state index contributed by atoms with van der Waals surface area (Å²) in [4.78, 5) is 12.1. The summed E-state index contributed by atoms with van der Waals surface area (Å²) in [5, 5.41) is 15.4. The Hall–Kier alpha value is -1.75. The van der Waals surface area contributed by atoms with Gasteiger partial charge in [-0.1, -0.05) is 18.6 Å². The minimum atomic E-state index is -0.327. The molecule has 0 aromatic heterocycles. The van der Waals surface area contributed by atoms with Crippen LogP contribution in [0.1, 0.15) is 46.5 Å². The molecule has 1 aromatic rings. The van der Waals surface area contributed by atoms with Crippen LogP contribution in [0.3, 0.4) is 0 Å². The second-order valence-corrected chi connectivity index (χ2v) is 7.23. The van der Waals surface area contributed by atoms with E-state index >= 15 is 0 Å². The van der Waals surface area contributed by atoms with Gasteiger partial charge in [0.1, 0.15) is 11.4 Å². The molecule has 0 spiro atoms. The average Bonchev–Trinajstić information content (AvgIpc) is 2.46. The van der Waals surface area contributed by atoms with E-state index in [2.05, 4.69) is 10.6 Å². The summed E-state index contributed by atoms with van der Waals surface area (Å²) in [5.74, 6) is 1.01. The van der Waals surface area contributed by atoms with Crippen LogP contribution in [0.4, 0.5) is 10.5 Å². The molecule has 2 atom stereocenters. The normalized spacial score (nSPS) is 21.6. The van der Waals surface area contributed by atoms with Gasteiger partial charge in [-0.25, -0.2) is 4.79 Å². The lowest BCUT2D eigenvalue weighted by Crippen LogP contribution is -2.35. The number of amides is 2. The van der Waals surface area contributed by atoms with Crippen molar-refractivity contribution in [2.75, 3.05) is 11.9 Å². The molecular formula is C18H28N2O3. The van der Waals surface area contributed by atoms with Crippen molar-refractivity contribution in [2.45, 2.75) is 58.2 Å². The van der Waals surface area contributed by atoms with Gasteiger partial charge in [0, 0.05) is 6.54 Å². The second kappa shape index (κ2) is 7.68. The van der Waals surface area contributed by atoms with Crippen LogP contribution in [-0.2, 0) is 0 Å². The number of hydrogen-bond donors (Lipinski definition) is 3. The summed E-state index contributed by atoms with van der Waals surface area (Å²) in [6.45, 7) is 6.50. The number of aliphatic hydroxyl groups is 1. The SMILES string of the molecule is CC(C)(C)Oc1ccccc1NC(=O)NCC1CCCC(O)C1. The van der Waals surface area contributed by atoms with Crippen molar-refractivity contribution in [3.8, 4) is 5.75 Å². The van der Waals surface area contributed by atoms with Gasteiger partial charge in [-0.2, -0.15) is 0 Å². The third-order valence-corrected chi connectivity index (χ3v) is 3.86. The molecule has 23 heavy (non-hydrogen) atoms. The van der Waals surface area contributed by atoms with Crippen LogP contribution in [0.2, 0.25) is 0 Å². The van der Waals surface area contributed by atoms with E-state index in [9.17, 15) is 9.90 Å².